The average molecular weight is 466 g/mol. The van der Waals surface area contributed by atoms with Crippen LogP contribution in [0.25, 0.3) is 0 Å². The monoisotopic (exact) mass is 464 g/mol. The summed E-state index contributed by atoms with van der Waals surface area (Å²) < 4.78 is 29.8. The molecule has 0 heterocycles. The number of esters is 1. The zero-order valence-corrected chi connectivity index (χ0v) is 17.8. The number of carbonyl (C=O) groups is 2. The lowest BCUT2D eigenvalue weighted by Crippen LogP contribution is -2.37. The van der Waals surface area contributed by atoms with Gasteiger partial charge in [-0.25, -0.2) is 13.2 Å². The van der Waals surface area contributed by atoms with E-state index in [1.54, 1.807) is 0 Å². The summed E-state index contributed by atoms with van der Waals surface area (Å²) in [6, 6.07) is 8.59. The Kier molecular flexibility index (Phi) is 7.16. The van der Waals surface area contributed by atoms with Crippen molar-refractivity contribution in [3.63, 3.8) is 0 Å². The number of nitrogens with one attached hydrogen (secondary N) is 1. The molecule has 0 aliphatic heterocycles. The molecule has 150 valence electrons. The highest BCUT2D eigenvalue weighted by molar-refractivity contribution is 7.92. The smallest absolute Gasteiger partial charge is 0.337 e. The summed E-state index contributed by atoms with van der Waals surface area (Å²) in [4.78, 5) is 24.1. The average Bonchev–Trinajstić information content (AvgIpc) is 2.62. The largest absolute Gasteiger partial charge is 0.465 e. The summed E-state index contributed by atoms with van der Waals surface area (Å²) in [5.74, 6) is -1.32. The first-order valence-corrected chi connectivity index (χ1v) is 10.6. The lowest BCUT2D eigenvalue weighted by Gasteiger charge is -2.23. The predicted octanol–water partition coefficient (Wildman–Crippen LogP) is 3.84. The summed E-state index contributed by atoms with van der Waals surface area (Å²) >= 11 is 18.1. The molecule has 2 aromatic rings. The van der Waals surface area contributed by atoms with Gasteiger partial charge in [-0.05, 0) is 30.3 Å². The fraction of sp³-hybridized carbons (Fsp3) is 0.176. The number of hydrogen-bond donors (Lipinski definition) is 1. The molecule has 0 radical (unpaired) electrons. The van der Waals surface area contributed by atoms with Gasteiger partial charge in [0.2, 0.25) is 15.9 Å². The molecule has 28 heavy (non-hydrogen) atoms. The highest BCUT2D eigenvalue weighted by atomic mass is 35.5. The molecule has 1 N–H and O–H groups in total. The fourth-order valence-corrected chi connectivity index (χ4v) is 3.73. The second-order valence-corrected chi connectivity index (χ2v) is 8.68. The van der Waals surface area contributed by atoms with E-state index < -0.39 is 28.4 Å². The number of halogens is 3. The van der Waals surface area contributed by atoms with Crippen LogP contribution in [0.15, 0.2) is 36.4 Å². The minimum absolute atomic E-state index is 0.00638. The minimum atomic E-state index is -3.86. The van der Waals surface area contributed by atoms with Crippen LogP contribution in [0.3, 0.4) is 0 Å². The van der Waals surface area contributed by atoms with E-state index in [4.69, 9.17) is 34.8 Å². The van der Waals surface area contributed by atoms with Gasteiger partial charge in [-0.15, -0.1) is 0 Å². The van der Waals surface area contributed by atoms with E-state index in [1.165, 1.54) is 43.5 Å². The number of anilines is 2. The predicted molar refractivity (Wildman–Crippen MR) is 110 cm³/mol. The fourth-order valence-electron chi connectivity index (χ4n) is 2.25. The first-order chi connectivity index (χ1) is 13.0. The van der Waals surface area contributed by atoms with Crippen molar-refractivity contribution in [1.29, 1.82) is 0 Å². The van der Waals surface area contributed by atoms with Gasteiger partial charge in [0.15, 0.2) is 0 Å². The highest BCUT2D eigenvalue weighted by Gasteiger charge is 2.24. The van der Waals surface area contributed by atoms with Crippen molar-refractivity contribution < 1.29 is 22.7 Å². The molecule has 0 atom stereocenters. The van der Waals surface area contributed by atoms with Crippen LogP contribution in [0.5, 0.6) is 0 Å². The zero-order chi connectivity index (χ0) is 21.1. The van der Waals surface area contributed by atoms with Gasteiger partial charge in [0.1, 0.15) is 6.54 Å². The lowest BCUT2D eigenvalue weighted by atomic mass is 10.2. The maximum atomic E-state index is 12.5. The Hall–Kier alpha value is -2.00. The third-order valence-corrected chi connectivity index (χ3v) is 5.81. The Morgan fingerprint density at radius 1 is 1.11 bits per heavy atom. The van der Waals surface area contributed by atoms with Crippen LogP contribution in [0.4, 0.5) is 11.4 Å². The molecule has 7 nitrogen and oxygen atoms in total. The number of rotatable bonds is 6. The van der Waals surface area contributed by atoms with E-state index in [0.29, 0.717) is 0 Å². The van der Waals surface area contributed by atoms with Crippen molar-refractivity contribution in [3.8, 4) is 0 Å². The molecule has 0 saturated heterocycles. The van der Waals surface area contributed by atoms with E-state index in [2.05, 4.69) is 10.1 Å². The number of methoxy groups -OCH3 is 1. The van der Waals surface area contributed by atoms with E-state index >= 15 is 0 Å². The standard InChI is InChI=1S/C17H15Cl3N2O5S/c1-27-17(24)10-6-7-11(18)13(8-10)21-15(23)9-22(28(2,25)26)14-5-3-4-12(19)16(14)20/h3-8H,9H2,1-2H3,(H,21,23). The van der Waals surface area contributed by atoms with Gasteiger partial charge in [0.25, 0.3) is 0 Å². The van der Waals surface area contributed by atoms with Gasteiger partial charge in [0, 0.05) is 0 Å². The van der Waals surface area contributed by atoms with Crippen molar-refractivity contribution in [1.82, 2.24) is 0 Å². The Labute approximate surface area is 177 Å². The SMILES string of the molecule is COC(=O)c1ccc(Cl)c(NC(=O)CN(c2cccc(Cl)c2Cl)S(C)(=O)=O)c1. The quantitative estimate of drug-likeness (QED) is 0.654. The van der Waals surface area contributed by atoms with Gasteiger partial charge in [-0.2, -0.15) is 0 Å². The van der Waals surface area contributed by atoms with E-state index in [9.17, 15) is 18.0 Å². The number of nitrogens with zero attached hydrogens (tertiary/aromatic N) is 1. The summed E-state index contributed by atoms with van der Waals surface area (Å²) in [6.07, 6.45) is 0.933. The molecule has 0 spiro atoms. The molecule has 1 amide bonds. The third kappa shape index (κ3) is 5.29. The number of sulfonamides is 1. The highest BCUT2D eigenvalue weighted by Crippen LogP contribution is 2.33. The van der Waals surface area contributed by atoms with Gasteiger partial charge < -0.3 is 10.1 Å². The first kappa shape index (κ1) is 22.3. The Balaban J connectivity index is 2.31. The van der Waals surface area contributed by atoms with Crippen LogP contribution in [0.1, 0.15) is 10.4 Å². The summed E-state index contributed by atoms with van der Waals surface area (Å²) in [5, 5.41) is 2.77. The zero-order valence-electron chi connectivity index (χ0n) is 14.7. The van der Waals surface area contributed by atoms with Gasteiger partial charge >= 0.3 is 5.97 Å². The Bertz CT molecular complexity index is 1030. The third-order valence-electron chi connectivity index (χ3n) is 3.55. The van der Waals surface area contributed by atoms with Gasteiger partial charge in [-0.3, -0.25) is 9.10 Å². The molecule has 0 saturated carbocycles. The molecule has 11 heteroatoms. The summed E-state index contributed by atoms with van der Waals surface area (Å²) in [6.45, 7) is -0.586. The number of benzene rings is 2. The van der Waals surface area contributed by atoms with Gasteiger partial charge in [-0.1, -0.05) is 40.9 Å². The second-order valence-electron chi connectivity index (χ2n) is 5.58. The summed E-state index contributed by atoms with van der Waals surface area (Å²) in [5.41, 5.74) is 0.349. The topological polar surface area (TPSA) is 92.8 Å². The number of amides is 1. The molecule has 0 aliphatic carbocycles. The molecule has 0 aromatic heterocycles. The minimum Gasteiger partial charge on any atom is -0.465 e. The molecule has 0 fully saturated rings. The van der Waals surface area contributed by atoms with Crippen LogP contribution in [0.2, 0.25) is 15.1 Å². The normalized spacial score (nSPS) is 11.0. The van der Waals surface area contributed by atoms with Crippen molar-refractivity contribution in [3.05, 3.63) is 57.0 Å². The summed E-state index contributed by atoms with van der Waals surface area (Å²) in [7, 11) is -2.64. The van der Waals surface area contributed by atoms with Crippen molar-refractivity contribution in [2.75, 3.05) is 29.5 Å². The van der Waals surface area contributed by atoms with E-state index in [-0.39, 0.29) is 32.0 Å². The molecule has 2 aromatic carbocycles. The van der Waals surface area contributed by atoms with Gasteiger partial charge in [0.05, 0.1) is 45.4 Å². The number of carbonyl (C=O) groups excluding carboxylic acids is 2. The maximum Gasteiger partial charge on any atom is 0.337 e. The first-order valence-electron chi connectivity index (χ1n) is 7.64. The van der Waals surface area contributed by atoms with Crippen molar-refractivity contribution in [2.45, 2.75) is 0 Å². The van der Waals surface area contributed by atoms with Crippen LogP contribution >= 0.6 is 34.8 Å². The van der Waals surface area contributed by atoms with E-state index in [1.807, 2.05) is 0 Å². The van der Waals surface area contributed by atoms with Crippen molar-refractivity contribution >= 4 is 68.1 Å². The van der Waals surface area contributed by atoms with Crippen LogP contribution < -0.4 is 9.62 Å². The molecular formula is C17H15Cl3N2O5S. The van der Waals surface area contributed by atoms with Crippen molar-refractivity contribution in [2.24, 2.45) is 0 Å². The molecule has 0 bridgehead atoms. The lowest BCUT2D eigenvalue weighted by molar-refractivity contribution is -0.114. The number of hydrogen-bond acceptors (Lipinski definition) is 5. The Morgan fingerprint density at radius 2 is 1.79 bits per heavy atom. The van der Waals surface area contributed by atoms with Crippen LogP contribution in [-0.2, 0) is 19.6 Å². The molecule has 0 unspecified atom stereocenters. The molecule has 2 rings (SSSR count). The Morgan fingerprint density at radius 3 is 2.39 bits per heavy atom. The maximum absolute atomic E-state index is 12.5. The molecule has 0 aliphatic rings. The van der Waals surface area contributed by atoms with E-state index in [0.717, 1.165) is 10.6 Å². The van der Waals surface area contributed by atoms with Crippen LogP contribution in [-0.4, -0.2) is 40.2 Å². The second kappa shape index (κ2) is 9.00. The number of ether oxygens (including phenoxy) is 1. The van der Waals surface area contributed by atoms with Crippen LogP contribution in [0, 0.1) is 0 Å². The molecular weight excluding hydrogens is 451 g/mol.